The van der Waals surface area contributed by atoms with E-state index in [1.807, 2.05) is 30.0 Å². The van der Waals surface area contributed by atoms with E-state index >= 15 is 0 Å². The van der Waals surface area contributed by atoms with Crippen LogP contribution >= 0.6 is 11.3 Å². The van der Waals surface area contributed by atoms with Gasteiger partial charge in [-0.3, -0.25) is 14.2 Å². The summed E-state index contributed by atoms with van der Waals surface area (Å²) in [7, 11) is 0. The highest BCUT2D eigenvalue weighted by molar-refractivity contribution is 7.07. The molecule has 1 saturated carbocycles. The molecule has 0 atom stereocenters. The van der Waals surface area contributed by atoms with E-state index in [4.69, 9.17) is 9.47 Å². The monoisotopic (exact) mass is 374 g/mol. The molecule has 0 saturated heterocycles. The molecule has 0 spiro atoms. The number of nitrogens with zero attached hydrogens (tertiary/aromatic N) is 2. The summed E-state index contributed by atoms with van der Waals surface area (Å²) < 4.78 is 12.4. The van der Waals surface area contributed by atoms with Gasteiger partial charge in [-0.25, -0.2) is 0 Å². The Kier molecular flexibility index (Phi) is 4.72. The van der Waals surface area contributed by atoms with Crippen molar-refractivity contribution < 1.29 is 14.3 Å². The van der Waals surface area contributed by atoms with Crippen LogP contribution in [0.2, 0.25) is 0 Å². The number of aryl methyl sites for hydroxylation is 1. The van der Waals surface area contributed by atoms with E-state index in [1.54, 1.807) is 9.95 Å². The molecule has 0 N–H and O–H groups in total. The van der Waals surface area contributed by atoms with Gasteiger partial charge in [-0.15, -0.1) is 0 Å². The molecule has 1 aromatic carbocycles. The van der Waals surface area contributed by atoms with Gasteiger partial charge in [0.15, 0.2) is 11.5 Å². The number of hydrogen-bond acceptors (Lipinski definition) is 5. The van der Waals surface area contributed by atoms with Crippen molar-refractivity contribution in [2.45, 2.75) is 51.7 Å². The van der Waals surface area contributed by atoms with Crippen LogP contribution in [0.5, 0.6) is 11.5 Å². The van der Waals surface area contributed by atoms with Crippen LogP contribution < -0.4 is 14.3 Å². The second kappa shape index (κ2) is 7.15. The average Bonchev–Trinajstić information content (AvgIpc) is 3.37. The topological polar surface area (TPSA) is 60.8 Å². The van der Waals surface area contributed by atoms with Gasteiger partial charge < -0.3 is 14.4 Å². The van der Waals surface area contributed by atoms with Crippen LogP contribution in [0.3, 0.4) is 0 Å². The van der Waals surface area contributed by atoms with Crippen LogP contribution in [-0.4, -0.2) is 28.2 Å². The lowest BCUT2D eigenvalue weighted by molar-refractivity contribution is -0.134. The number of amides is 1. The van der Waals surface area contributed by atoms with Crippen molar-refractivity contribution in [3.8, 4) is 11.5 Å². The number of carbonyl (C=O) groups excluding carboxylic acids is 1. The van der Waals surface area contributed by atoms with Crippen molar-refractivity contribution in [3.63, 3.8) is 0 Å². The van der Waals surface area contributed by atoms with Gasteiger partial charge in [0.2, 0.25) is 12.7 Å². The maximum absolute atomic E-state index is 13.1. The third-order valence-electron chi connectivity index (χ3n) is 5.15. The van der Waals surface area contributed by atoms with E-state index in [0.29, 0.717) is 6.54 Å². The molecule has 138 valence electrons. The Balaban J connectivity index is 1.56. The van der Waals surface area contributed by atoms with Crippen molar-refractivity contribution in [3.05, 3.63) is 44.5 Å². The molecule has 1 aromatic heterocycles. The second-order valence-corrected chi connectivity index (χ2v) is 7.70. The maximum Gasteiger partial charge on any atom is 0.307 e. The fourth-order valence-electron chi connectivity index (χ4n) is 3.70. The predicted octanol–water partition coefficient (Wildman–Crippen LogP) is 2.92. The van der Waals surface area contributed by atoms with E-state index < -0.39 is 0 Å². The fraction of sp³-hybridized carbons (Fsp3) is 0.474. The first kappa shape index (κ1) is 17.1. The van der Waals surface area contributed by atoms with Crippen molar-refractivity contribution in [1.29, 1.82) is 0 Å². The first-order valence-corrected chi connectivity index (χ1v) is 9.83. The number of fused-ring (bicyclic) bond motifs is 1. The highest BCUT2D eigenvalue weighted by atomic mass is 32.1. The molecule has 0 bridgehead atoms. The Bertz CT molecular complexity index is 867. The summed E-state index contributed by atoms with van der Waals surface area (Å²) in [6.45, 7) is 2.74. The quantitative estimate of drug-likeness (QED) is 0.807. The lowest BCUT2D eigenvalue weighted by Crippen LogP contribution is -2.41. The van der Waals surface area contributed by atoms with Crippen molar-refractivity contribution in [1.82, 2.24) is 9.47 Å². The summed E-state index contributed by atoms with van der Waals surface area (Å²) in [6, 6.07) is 6.05. The summed E-state index contributed by atoms with van der Waals surface area (Å²) in [5.41, 5.74) is 1.85. The van der Waals surface area contributed by atoms with Gasteiger partial charge in [-0.05, 0) is 37.5 Å². The molecule has 0 unspecified atom stereocenters. The van der Waals surface area contributed by atoms with Gasteiger partial charge in [0.1, 0.15) is 6.54 Å². The molecule has 2 heterocycles. The first-order valence-electron chi connectivity index (χ1n) is 8.95. The number of benzene rings is 1. The van der Waals surface area contributed by atoms with E-state index in [2.05, 4.69) is 0 Å². The molecular formula is C19H22N2O4S. The van der Waals surface area contributed by atoms with Crippen LogP contribution in [-0.2, 0) is 17.9 Å². The summed E-state index contributed by atoms with van der Waals surface area (Å²) in [5.74, 6) is 1.47. The molecule has 2 aliphatic rings. The van der Waals surface area contributed by atoms with E-state index in [9.17, 15) is 9.59 Å². The molecular weight excluding hydrogens is 352 g/mol. The lowest BCUT2D eigenvalue weighted by atomic mass is 10.1. The summed E-state index contributed by atoms with van der Waals surface area (Å²) in [6.07, 6.45) is 4.33. The second-order valence-electron chi connectivity index (χ2n) is 6.88. The minimum atomic E-state index is -0.0784. The predicted molar refractivity (Wildman–Crippen MR) is 98.7 cm³/mol. The maximum atomic E-state index is 13.1. The number of aromatic nitrogens is 1. The van der Waals surface area contributed by atoms with Gasteiger partial charge >= 0.3 is 4.87 Å². The molecule has 6 nitrogen and oxygen atoms in total. The molecule has 1 aliphatic heterocycles. The summed E-state index contributed by atoms with van der Waals surface area (Å²) >= 11 is 1.14. The van der Waals surface area contributed by atoms with Gasteiger partial charge in [0.25, 0.3) is 0 Å². The standard InChI is InChI=1S/C19H22N2O4S/c1-13-11-26-19(23)20(13)10-18(22)21(15-4-2-3-5-15)9-14-6-7-16-17(8-14)25-12-24-16/h6-8,11,15H,2-5,9-10,12H2,1H3. The highest BCUT2D eigenvalue weighted by Gasteiger charge is 2.28. The van der Waals surface area contributed by atoms with Gasteiger partial charge in [0, 0.05) is 23.7 Å². The zero-order valence-corrected chi connectivity index (χ0v) is 15.6. The van der Waals surface area contributed by atoms with Crippen molar-refractivity contribution in [2.75, 3.05) is 6.79 Å². The van der Waals surface area contributed by atoms with Crippen LogP contribution in [0.15, 0.2) is 28.4 Å². The Labute approximate surface area is 156 Å². The van der Waals surface area contributed by atoms with Crippen LogP contribution in [0.1, 0.15) is 36.9 Å². The van der Waals surface area contributed by atoms with Crippen LogP contribution in [0.25, 0.3) is 0 Å². The fourth-order valence-corrected chi connectivity index (χ4v) is 4.43. The zero-order chi connectivity index (χ0) is 18.1. The Hall–Kier alpha value is -2.28. The average molecular weight is 374 g/mol. The summed E-state index contributed by atoms with van der Waals surface area (Å²) in [5, 5.41) is 1.80. The minimum Gasteiger partial charge on any atom is -0.454 e. The lowest BCUT2D eigenvalue weighted by Gasteiger charge is -2.29. The van der Waals surface area contributed by atoms with Crippen molar-refractivity contribution in [2.24, 2.45) is 0 Å². The van der Waals surface area contributed by atoms with E-state index in [1.165, 1.54) is 0 Å². The number of hydrogen-bond donors (Lipinski definition) is 0. The number of rotatable bonds is 5. The normalized spacial score (nSPS) is 16.2. The Morgan fingerprint density at radius 3 is 2.77 bits per heavy atom. The van der Waals surface area contributed by atoms with Crippen LogP contribution in [0, 0.1) is 6.92 Å². The number of thiazole rings is 1. The first-order chi connectivity index (χ1) is 12.6. The number of carbonyl (C=O) groups is 1. The highest BCUT2D eigenvalue weighted by Crippen LogP contribution is 2.33. The molecule has 2 aromatic rings. The Morgan fingerprint density at radius 2 is 2.04 bits per heavy atom. The van der Waals surface area contributed by atoms with E-state index in [-0.39, 0.29) is 30.2 Å². The molecule has 1 fully saturated rings. The SMILES string of the molecule is Cc1csc(=O)n1CC(=O)N(Cc1ccc2c(c1)OCO2)C1CCCC1. The molecule has 0 radical (unpaired) electrons. The van der Waals surface area contributed by atoms with Gasteiger partial charge in [-0.2, -0.15) is 0 Å². The Morgan fingerprint density at radius 1 is 1.27 bits per heavy atom. The van der Waals surface area contributed by atoms with Crippen LogP contribution in [0.4, 0.5) is 0 Å². The zero-order valence-electron chi connectivity index (χ0n) is 14.8. The molecule has 4 rings (SSSR count). The molecule has 26 heavy (non-hydrogen) atoms. The molecule has 7 heteroatoms. The molecule has 1 amide bonds. The third-order valence-corrected chi connectivity index (χ3v) is 6.03. The van der Waals surface area contributed by atoms with Crippen molar-refractivity contribution >= 4 is 17.2 Å². The largest absolute Gasteiger partial charge is 0.454 e. The minimum absolute atomic E-state index is 0.00170. The van der Waals surface area contributed by atoms with E-state index in [0.717, 1.165) is 59.8 Å². The third kappa shape index (κ3) is 3.35. The summed E-state index contributed by atoms with van der Waals surface area (Å²) in [4.78, 5) is 26.9. The van der Waals surface area contributed by atoms with Gasteiger partial charge in [0.05, 0.1) is 0 Å². The number of ether oxygens (including phenoxy) is 2. The molecule has 1 aliphatic carbocycles. The van der Waals surface area contributed by atoms with Gasteiger partial charge in [-0.1, -0.05) is 30.2 Å². The smallest absolute Gasteiger partial charge is 0.307 e.